The molecule has 33 heavy (non-hydrogen) atoms. The number of fused-ring (bicyclic) bond motifs is 1. The van der Waals surface area contributed by atoms with Gasteiger partial charge in [-0.3, -0.25) is 19.2 Å². The Bertz CT molecular complexity index is 1140. The van der Waals surface area contributed by atoms with E-state index in [4.69, 9.17) is 23.2 Å². The lowest BCUT2D eigenvalue weighted by Crippen LogP contribution is -2.52. The van der Waals surface area contributed by atoms with Gasteiger partial charge in [0.25, 0.3) is 17.7 Å². The zero-order valence-electron chi connectivity index (χ0n) is 18.4. The summed E-state index contributed by atoms with van der Waals surface area (Å²) in [5.74, 6) is -2.79. The van der Waals surface area contributed by atoms with Crippen molar-refractivity contribution in [3.05, 3.63) is 68.7 Å². The Labute approximate surface area is 202 Å². The molecule has 2 aliphatic rings. The number of hydrogen-bond donors (Lipinski definition) is 0. The summed E-state index contributed by atoms with van der Waals surface area (Å²) in [6, 6.07) is 9.55. The molecule has 2 atom stereocenters. The minimum Gasteiger partial charge on any atom is -0.292 e. The predicted octanol–water partition coefficient (Wildman–Crippen LogP) is 5.03. The minimum atomic E-state index is -0.661. The highest BCUT2D eigenvalue weighted by Crippen LogP contribution is 2.39. The van der Waals surface area contributed by atoms with Gasteiger partial charge in [0.1, 0.15) is 6.54 Å². The molecule has 2 fully saturated rings. The number of halogens is 2. The van der Waals surface area contributed by atoms with Crippen molar-refractivity contribution in [1.82, 2.24) is 10.0 Å². The van der Waals surface area contributed by atoms with E-state index < -0.39 is 36.1 Å². The molecular formula is C25H24Cl2N2O4. The molecule has 0 bridgehead atoms. The van der Waals surface area contributed by atoms with Gasteiger partial charge in [0.15, 0.2) is 5.78 Å². The normalized spacial score (nSPS) is 20.1. The van der Waals surface area contributed by atoms with Gasteiger partial charge in [0, 0.05) is 11.1 Å². The lowest BCUT2D eigenvalue weighted by atomic mass is 9.81. The quantitative estimate of drug-likeness (QED) is 0.438. The van der Waals surface area contributed by atoms with Gasteiger partial charge in [0.05, 0.1) is 21.9 Å². The van der Waals surface area contributed by atoms with Gasteiger partial charge in [-0.2, -0.15) is 5.01 Å². The second-order valence-corrected chi connectivity index (χ2v) is 9.51. The summed E-state index contributed by atoms with van der Waals surface area (Å²) in [5, 5.41) is 2.30. The Kier molecular flexibility index (Phi) is 6.59. The number of carbonyl (C=O) groups excluding carboxylic acids is 4. The number of amides is 3. The standard InChI is InChI=1S/C25H24Cl2N2O4/c1-14-7-8-16(11-15(14)2)22(30)13-28(23(31)17-9-10-20(26)21(27)12-17)29-24(32)18-5-3-4-6-19(18)25(29)33/h7-12,18-19H,3-6,13H2,1-2H3/t18-,19+. The highest BCUT2D eigenvalue weighted by atomic mass is 35.5. The first-order valence-electron chi connectivity index (χ1n) is 10.9. The van der Waals surface area contributed by atoms with Crippen molar-refractivity contribution in [3.63, 3.8) is 0 Å². The zero-order valence-corrected chi connectivity index (χ0v) is 19.9. The maximum Gasteiger partial charge on any atom is 0.273 e. The zero-order chi connectivity index (χ0) is 23.9. The lowest BCUT2D eigenvalue weighted by molar-refractivity contribution is -0.154. The average Bonchev–Trinajstić information content (AvgIpc) is 3.05. The largest absolute Gasteiger partial charge is 0.292 e. The number of nitrogens with zero attached hydrogens (tertiary/aromatic N) is 2. The van der Waals surface area contributed by atoms with E-state index >= 15 is 0 Å². The summed E-state index contributed by atoms with van der Waals surface area (Å²) in [6.07, 6.45) is 2.92. The Morgan fingerprint density at radius 3 is 2.06 bits per heavy atom. The number of Topliss-reactive ketones (excluding diaryl/α,β-unsaturated/α-hetero) is 1. The predicted molar refractivity (Wildman–Crippen MR) is 125 cm³/mol. The van der Waals surface area contributed by atoms with Crippen molar-refractivity contribution in [2.75, 3.05) is 6.54 Å². The van der Waals surface area contributed by atoms with E-state index in [1.165, 1.54) is 18.2 Å². The summed E-state index contributed by atoms with van der Waals surface area (Å²) in [7, 11) is 0. The molecule has 0 aromatic heterocycles. The third-order valence-corrected chi connectivity index (χ3v) is 7.32. The van der Waals surface area contributed by atoms with Crippen molar-refractivity contribution in [1.29, 1.82) is 0 Å². The van der Waals surface area contributed by atoms with E-state index in [1.807, 2.05) is 19.9 Å². The first-order valence-corrected chi connectivity index (χ1v) is 11.7. The third-order valence-electron chi connectivity index (χ3n) is 6.58. The van der Waals surface area contributed by atoms with Gasteiger partial charge < -0.3 is 0 Å². The van der Waals surface area contributed by atoms with Crippen LogP contribution in [-0.2, 0) is 9.59 Å². The summed E-state index contributed by atoms with van der Waals surface area (Å²) in [5.41, 5.74) is 2.50. The fourth-order valence-corrected chi connectivity index (χ4v) is 4.83. The van der Waals surface area contributed by atoms with Gasteiger partial charge in [-0.1, -0.05) is 48.2 Å². The summed E-state index contributed by atoms with van der Waals surface area (Å²) in [6.45, 7) is 3.38. The van der Waals surface area contributed by atoms with Crippen molar-refractivity contribution < 1.29 is 19.2 Å². The van der Waals surface area contributed by atoms with E-state index in [2.05, 4.69) is 0 Å². The van der Waals surface area contributed by atoms with E-state index in [-0.39, 0.29) is 21.4 Å². The molecule has 6 nitrogen and oxygen atoms in total. The van der Waals surface area contributed by atoms with Crippen LogP contribution in [0.4, 0.5) is 0 Å². The minimum absolute atomic E-state index is 0.132. The van der Waals surface area contributed by atoms with Crippen molar-refractivity contribution >= 4 is 46.7 Å². The topological polar surface area (TPSA) is 74.8 Å². The molecule has 1 aliphatic heterocycles. The average molecular weight is 487 g/mol. The molecule has 1 heterocycles. The highest BCUT2D eigenvalue weighted by Gasteiger charge is 2.51. The number of hydrazine groups is 1. The van der Waals surface area contributed by atoms with Crippen LogP contribution in [0.25, 0.3) is 0 Å². The molecule has 1 saturated heterocycles. The van der Waals surface area contributed by atoms with Crippen LogP contribution in [0.15, 0.2) is 36.4 Å². The Morgan fingerprint density at radius 1 is 0.879 bits per heavy atom. The van der Waals surface area contributed by atoms with Gasteiger partial charge in [-0.05, 0) is 62.1 Å². The Morgan fingerprint density at radius 2 is 1.48 bits per heavy atom. The first-order chi connectivity index (χ1) is 15.7. The van der Waals surface area contributed by atoms with E-state index in [0.29, 0.717) is 18.4 Å². The Balaban J connectivity index is 1.71. The Hall–Kier alpha value is -2.70. The molecule has 0 N–H and O–H groups in total. The second-order valence-electron chi connectivity index (χ2n) is 8.70. The summed E-state index contributed by atoms with van der Waals surface area (Å²) >= 11 is 12.1. The number of carbonyl (C=O) groups is 4. The first kappa shape index (κ1) is 23.5. The van der Waals surface area contributed by atoms with Crippen molar-refractivity contribution in [2.24, 2.45) is 11.8 Å². The third kappa shape index (κ3) is 4.42. The van der Waals surface area contributed by atoms with Crippen LogP contribution >= 0.6 is 23.2 Å². The molecule has 8 heteroatoms. The number of aryl methyl sites for hydroxylation is 2. The second kappa shape index (κ2) is 9.27. The lowest BCUT2D eigenvalue weighted by Gasteiger charge is -2.30. The monoisotopic (exact) mass is 486 g/mol. The fraction of sp³-hybridized carbons (Fsp3) is 0.360. The summed E-state index contributed by atoms with van der Waals surface area (Å²) in [4.78, 5) is 53.1. The van der Waals surface area contributed by atoms with Crippen LogP contribution in [0.5, 0.6) is 0 Å². The molecule has 0 radical (unpaired) electrons. The molecule has 1 saturated carbocycles. The van der Waals surface area contributed by atoms with Crippen LogP contribution in [-0.4, -0.2) is 40.1 Å². The number of imide groups is 1. The molecule has 1 aliphatic carbocycles. The number of hydrogen-bond acceptors (Lipinski definition) is 4. The maximum absolute atomic E-state index is 13.5. The number of benzene rings is 2. The molecule has 3 amide bonds. The summed E-state index contributed by atoms with van der Waals surface area (Å²) < 4.78 is 0. The van der Waals surface area contributed by atoms with Gasteiger partial charge >= 0.3 is 0 Å². The maximum atomic E-state index is 13.5. The molecule has 172 valence electrons. The smallest absolute Gasteiger partial charge is 0.273 e. The van der Waals surface area contributed by atoms with Gasteiger partial charge in [0.2, 0.25) is 0 Å². The van der Waals surface area contributed by atoms with Crippen LogP contribution in [0, 0.1) is 25.7 Å². The molecule has 4 rings (SSSR count). The number of ketones is 1. The highest BCUT2D eigenvalue weighted by molar-refractivity contribution is 6.42. The van der Waals surface area contributed by atoms with Crippen molar-refractivity contribution in [3.8, 4) is 0 Å². The number of rotatable bonds is 5. The molecule has 0 spiro atoms. The van der Waals surface area contributed by atoms with Crippen molar-refractivity contribution in [2.45, 2.75) is 39.5 Å². The van der Waals surface area contributed by atoms with Crippen LogP contribution in [0.2, 0.25) is 10.0 Å². The van der Waals surface area contributed by atoms with E-state index in [1.54, 1.807) is 12.1 Å². The SMILES string of the molecule is Cc1ccc(C(=O)CN(C(=O)c2ccc(Cl)c(Cl)c2)N2C(=O)[C@H]3CCCC[C@H]3C2=O)cc1C. The fourth-order valence-electron chi connectivity index (χ4n) is 4.54. The van der Waals surface area contributed by atoms with E-state index in [9.17, 15) is 19.2 Å². The molecule has 2 aromatic rings. The van der Waals surface area contributed by atoms with Gasteiger partial charge in [-0.15, -0.1) is 0 Å². The van der Waals surface area contributed by atoms with Crippen LogP contribution in [0.1, 0.15) is 57.5 Å². The van der Waals surface area contributed by atoms with Gasteiger partial charge in [-0.25, -0.2) is 5.01 Å². The molecular weight excluding hydrogens is 463 g/mol. The van der Waals surface area contributed by atoms with E-state index in [0.717, 1.165) is 34.0 Å². The molecule has 0 unspecified atom stereocenters. The molecule has 2 aromatic carbocycles. The van der Waals surface area contributed by atoms with Crippen LogP contribution < -0.4 is 0 Å². The van der Waals surface area contributed by atoms with Crippen LogP contribution in [0.3, 0.4) is 0 Å².